The van der Waals surface area contributed by atoms with Crippen LogP contribution in [0.5, 0.6) is 0 Å². The van der Waals surface area contributed by atoms with Gasteiger partial charge < -0.3 is 4.90 Å². The van der Waals surface area contributed by atoms with Crippen molar-refractivity contribution in [1.29, 1.82) is 0 Å². The SMILES string of the molecule is Cc1ccc(CN2CC[C@@H](c3nn(CCN(C)C)c4ncccc34)C2)cc1C. The molecule has 1 aliphatic heterocycles. The standard InChI is InChI=1S/C23H31N5/c1-17-7-8-19(14-18(17)2)15-27-11-9-20(16-27)22-21-6-5-10-24-23(21)28(25-22)13-12-26(3)4/h5-8,10,14,20H,9,11-13,15-16H2,1-4H3/t20-/m1/s1. The number of likely N-dealkylation sites (N-methyl/N-ethyl adjacent to an activating group) is 1. The number of nitrogens with zero attached hydrogens (tertiary/aromatic N) is 5. The Balaban J connectivity index is 1.52. The van der Waals surface area contributed by atoms with Crippen LogP contribution in [-0.4, -0.2) is 58.3 Å². The Kier molecular flexibility index (Phi) is 5.47. The molecule has 5 heteroatoms. The van der Waals surface area contributed by atoms with Crippen LogP contribution < -0.4 is 0 Å². The summed E-state index contributed by atoms with van der Waals surface area (Å²) in [4.78, 5) is 9.38. The Bertz CT molecular complexity index is 959. The Morgan fingerprint density at radius 1 is 1.14 bits per heavy atom. The van der Waals surface area contributed by atoms with E-state index in [-0.39, 0.29) is 0 Å². The zero-order valence-corrected chi connectivity index (χ0v) is 17.5. The molecular weight excluding hydrogens is 346 g/mol. The molecule has 148 valence electrons. The van der Waals surface area contributed by atoms with Crippen LogP contribution in [0.3, 0.4) is 0 Å². The molecule has 3 aromatic rings. The molecule has 1 aliphatic rings. The van der Waals surface area contributed by atoms with E-state index < -0.39 is 0 Å². The maximum atomic E-state index is 5.01. The lowest BCUT2D eigenvalue weighted by molar-refractivity contribution is 0.326. The van der Waals surface area contributed by atoms with Crippen molar-refractivity contribution in [2.45, 2.75) is 39.3 Å². The third-order valence-corrected chi connectivity index (χ3v) is 5.93. The Hall–Kier alpha value is -2.24. The van der Waals surface area contributed by atoms with E-state index in [0.29, 0.717) is 5.92 Å². The number of pyridine rings is 1. The molecule has 1 atom stereocenters. The minimum absolute atomic E-state index is 0.485. The van der Waals surface area contributed by atoms with Crippen LogP contribution in [0, 0.1) is 13.8 Å². The molecule has 5 nitrogen and oxygen atoms in total. The predicted molar refractivity (Wildman–Crippen MR) is 115 cm³/mol. The second-order valence-electron chi connectivity index (χ2n) is 8.43. The fourth-order valence-electron chi connectivity index (χ4n) is 4.15. The molecule has 0 N–H and O–H groups in total. The van der Waals surface area contributed by atoms with E-state index in [0.717, 1.165) is 38.4 Å². The quantitative estimate of drug-likeness (QED) is 0.658. The Morgan fingerprint density at radius 2 is 2.00 bits per heavy atom. The molecule has 4 rings (SSSR count). The maximum absolute atomic E-state index is 5.01. The van der Waals surface area contributed by atoms with Crippen LogP contribution in [0.1, 0.15) is 34.7 Å². The number of fused-ring (bicyclic) bond motifs is 1. The van der Waals surface area contributed by atoms with Gasteiger partial charge in [0.05, 0.1) is 12.2 Å². The van der Waals surface area contributed by atoms with Crippen molar-refractivity contribution in [3.63, 3.8) is 0 Å². The van der Waals surface area contributed by atoms with E-state index in [1.807, 2.05) is 12.3 Å². The Morgan fingerprint density at radius 3 is 2.79 bits per heavy atom. The summed E-state index contributed by atoms with van der Waals surface area (Å²) < 4.78 is 2.09. The molecule has 1 saturated heterocycles. The molecule has 28 heavy (non-hydrogen) atoms. The summed E-state index contributed by atoms with van der Waals surface area (Å²) in [5, 5.41) is 6.23. The van der Waals surface area contributed by atoms with Gasteiger partial charge >= 0.3 is 0 Å². The van der Waals surface area contributed by atoms with Crippen molar-refractivity contribution < 1.29 is 0 Å². The topological polar surface area (TPSA) is 37.2 Å². The molecule has 0 unspecified atom stereocenters. The largest absolute Gasteiger partial charge is 0.308 e. The smallest absolute Gasteiger partial charge is 0.158 e. The number of aromatic nitrogens is 3. The van der Waals surface area contributed by atoms with Gasteiger partial charge in [-0.05, 0) is 69.7 Å². The minimum atomic E-state index is 0.485. The van der Waals surface area contributed by atoms with Crippen LogP contribution in [0.2, 0.25) is 0 Å². The summed E-state index contributed by atoms with van der Waals surface area (Å²) in [6.45, 7) is 9.44. The number of hydrogen-bond donors (Lipinski definition) is 0. The molecule has 0 saturated carbocycles. The van der Waals surface area contributed by atoms with Gasteiger partial charge in [-0.3, -0.25) is 4.90 Å². The highest BCUT2D eigenvalue weighted by molar-refractivity contribution is 5.78. The molecule has 0 spiro atoms. The summed E-state index contributed by atoms with van der Waals surface area (Å²) in [5.74, 6) is 0.485. The minimum Gasteiger partial charge on any atom is -0.308 e. The van der Waals surface area contributed by atoms with Crippen LogP contribution >= 0.6 is 0 Å². The lowest BCUT2D eigenvalue weighted by Crippen LogP contribution is -2.20. The lowest BCUT2D eigenvalue weighted by Gasteiger charge is -2.16. The van der Waals surface area contributed by atoms with Crippen molar-refractivity contribution in [2.24, 2.45) is 0 Å². The van der Waals surface area contributed by atoms with E-state index in [9.17, 15) is 0 Å². The zero-order chi connectivity index (χ0) is 19.7. The summed E-state index contributed by atoms with van der Waals surface area (Å²) in [6.07, 6.45) is 3.04. The molecule has 1 fully saturated rings. The third kappa shape index (κ3) is 3.96. The van der Waals surface area contributed by atoms with E-state index in [1.165, 1.54) is 34.2 Å². The summed E-state index contributed by atoms with van der Waals surface area (Å²) in [5.41, 5.74) is 6.40. The highest BCUT2D eigenvalue weighted by Crippen LogP contribution is 2.32. The monoisotopic (exact) mass is 377 g/mol. The van der Waals surface area contributed by atoms with Crippen molar-refractivity contribution in [2.75, 3.05) is 33.7 Å². The zero-order valence-electron chi connectivity index (χ0n) is 17.5. The van der Waals surface area contributed by atoms with E-state index in [2.05, 4.69) is 71.7 Å². The van der Waals surface area contributed by atoms with E-state index in [1.54, 1.807) is 0 Å². The van der Waals surface area contributed by atoms with Gasteiger partial charge in [-0.25, -0.2) is 9.67 Å². The third-order valence-electron chi connectivity index (χ3n) is 5.93. The first-order valence-electron chi connectivity index (χ1n) is 10.3. The summed E-state index contributed by atoms with van der Waals surface area (Å²) in [6, 6.07) is 11.1. The molecule has 0 amide bonds. The van der Waals surface area contributed by atoms with Crippen molar-refractivity contribution >= 4 is 11.0 Å². The van der Waals surface area contributed by atoms with Gasteiger partial charge in [0.15, 0.2) is 5.65 Å². The predicted octanol–water partition coefficient (Wildman–Crippen LogP) is 3.60. The van der Waals surface area contributed by atoms with Crippen LogP contribution in [0.25, 0.3) is 11.0 Å². The number of benzene rings is 1. The molecule has 1 aromatic carbocycles. The molecule has 0 radical (unpaired) electrons. The molecule has 0 aliphatic carbocycles. The van der Waals surface area contributed by atoms with Gasteiger partial charge in [0.1, 0.15) is 0 Å². The summed E-state index contributed by atoms with van der Waals surface area (Å²) in [7, 11) is 4.20. The first-order chi connectivity index (χ1) is 13.5. The van der Waals surface area contributed by atoms with Crippen LogP contribution in [-0.2, 0) is 13.1 Å². The fraction of sp³-hybridized carbons (Fsp3) is 0.478. The number of hydrogen-bond acceptors (Lipinski definition) is 4. The van der Waals surface area contributed by atoms with Gasteiger partial charge in [-0.2, -0.15) is 5.10 Å². The summed E-state index contributed by atoms with van der Waals surface area (Å²) >= 11 is 0. The van der Waals surface area contributed by atoms with Crippen molar-refractivity contribution in [3.8, 4) is 0 Å². The van der Waals surface area contributed by atoms with Gasteiger partial charge in [0, 0.05) is 37.1 Å². The number of aryl methyl sites for hydroxylation is 2. The van der Waals surface area contributed by atoms with Gasteiger partial charge in [0.25, 0.3) is 0 Å². The highest BCUT2D eigenvalue weighted by Gasteiger charge is 2.28. The molecule has 3 heterocycles. The maximum Gasteiger partial charge on any atom is 0.158 e. The Labute approximate surface area is 168 Å². The first kappa shape index (κ1) is 19.1. The first-order valence-corrected chi connectivity index (χ1v) is 10.3. The van der Waals surface area contributed by atoms with Crippen molar-refractivity contribution in [1.82, 2.24) is 24.6 Å². The average Bonchev–Trinajstić information content (AvgIpc) is 3.27. The van der Waals surface area contributed by atoms with Crippen LogP contribution in [0.4, 0.5) is 0 Å². The van der Waals surface area contributed by atoms with E-state index in [4.69, 9.17) is 5.10 Å². The van der Waals surface area contributed by atoms with Gasteiger partial charge in [-0.1, -0.05) is 18.2 Å². The van der Waals surface area contributed by atoms with Crippen molar-refractivity contribution in [3.05, 3.63) is 58.9 Å². The fourth-order valence-corrected chi connectivity index (χ4v) is 4.15. The van der Waals surface area contributed by atoms with E-state index >= 15 is 0 Å². The highest BCUT2D eigenvalue weighted by atomic mass is 15.3. The second kappa shape index (κ2) is 8.02. The van der Waals surface area contributed by atoms with Gasteiger partial charge in [-0.15, -0.1) is 0 Å². The lowest BCUT2D eigenvalue weighted by atomic mass is 10.0. The number of rotatable bonds is 6. The molecule has 2 aromatic heterocycles. The number of likely N-dealkylation sites (tertiary alicyclic amines) is 1. The second-order valence-corrected chi connectivity index (χ2v) is 8.43. The normalized spacial score (nSPS) is 17.8. The van der Waals surface area contributed by atoms with Crippen LogP contribution in [0.15, 0.2) is 36.5 Å². The molecular formula is C23H31N5. The van der Waals surface area contributed by atoms with Gasteiger partial charge in [0.2, 0.25) is 0 Å². The molecule has 0 bridgehead atoms. The average molecular weight is 378 g/mol.